The second-order valence-electron chi connectivity index (χ2n) is 3.69. The largest absolute Gasteiger partial charge is 0.370 e. The third-order valence-electron chi connectivity index (χ3n) is 2.61. The van der Waals surface area contributed by atoms with Crippen LogP contribution in [-0.2, 0) is 0 Å². The molecule has 2 rings (SSSR count). The first-order valence-corrected chi connectivity index (χ1v) is 5.18. The van der Waals surface area contributed by atoms with E-state index in [1.165, 1.54) is 12.1 Å². The van der Waals surface area contributed by atoms with E-state index in [1.54, 1.807) is 6.07 Å². The number of anilines is 1. The lowest BCUT2D eigenvalue weighted by Gasteiger charge is -2.22. The molecule has 1 aliphatic rings. The predicted molar refractivity (Wildman–Crippen MR) is 63.3 cm³/mol. The van der Waals surface area contributed by atoms with Crippen LogP contribution in [0.15, 0.2) is 18.2 Å². The summed E-state index contributed by atoms with van der Waals surface area (Å²) in [4.78, 5) is 2.07. The molecule has 0 atom stereocenters. The summed E-state index contributed by atoms with van der Waals surface area (Å²) >= 11 is 0. The van der Waals surface area contributed by atoms with Gasteiger partial charge in [-0.15, -0.1) is 12.4 Å². The van der Waals surface area contributed by atoms with Crippen LogP contribution < -0.4 is 10.2 Å². The molecule has 1 N–H and O–H groups in total. The predicted octanol–water partition coefficient (Wildman–Crippen LogP) is 2.19. The third kappa shape index (κ3) is 3.06. The van der Waals surface area contributed by atoms with Gasteiger partial charge in [-0.1, -0.05) is 0 Å². The topological polar surface area (TPSA) is 15.3 Å². The van der Waals surface area contributed by atoms with Crippen LogP contribution in [0.4, 0.5) is 14.5 Å². The van der Waals surface area contributed by atoms with E-state index in [0.29, 0.717) is 0 Å². The minimum atomic E-state index is -0.785. The number of hydrogen-bond donors (Lipinski definition) is 1. The Balaban J connectivity index is 0.00000128. The Bertz CT molecular complexity index is 339. The lowest BCUT2D eigenvalue weighted by atomic mass is 10.2. The van der Waals surface area contributed by atoms with Gasteiger partial charge in [-0.05, 0) is 25.1 Å². The van der Waals surface area contributed by atoms with E-state index in [4.69, 9.17) is 0 Å². The average molecular weight is 249 g/mol. The average Bonchev–Trinajstić information content (AvgIpc) is 2.50. The number of nitrogens with one attached hydrogen (secondary N) is 1. The molecule has 2 nitrogen and oxygen atoms in total. The first kappa shape index (κ1) is 13.2. The second-order valence-corrected chi connectivity index (χ2v) is 3.69. The minimum Gasteiger partial charge on any atom is -0.370 e. The molecule has 0 spiro atoms. The third-order valence-corrected chi connectivity index (χ3v) is 2.61. The van der Waals surface area contributed by atoms with Gasteiger partial charge in [0, 0.05) is 31.4 Å². The standard InChI is InChI=1S/C11H14F2N2.ClH/c12-10-3-2-9(8-11(10)13)15-6-1-4-14-5-7-15;/h2-3,8,14H,1,4-7H2;1H. The van der Waals surface area contributed by atoms with Crippen molar-refractivity contribution in [2.45, 2.75) is 6.42 Å². The molecule has 1 aromatic carbocycles. The number of halogens is 3. The van der Waals surface area contributed by atoms with Gasteiger partial charge in [0.25, 0.3) is 0 Å². The molecule has 0 aromatic heterocycles. The van der Waals surface area contributed by atoms with Gasteiger partial charge < -0.3 is 10.2 Å². The molecular weight excluding hydrogens is 234 g/mol. The zero-order valence-electron chi connectivity index (χ0n) is 8.88. The van der Waals surface area contributed by atoms with Crippen LogP contribution >= 0.6 is 12.4 Å². The monoisotopic (exact) mass is 248 g/mol. The Hall–Kier alpha value is -0.870. The zero-order chi connectivity index (χ0) is 10.7. The maximum Gasteiger partial charge on any atom is 0.160 e. The van der Waals surface area contributed by atoms with Gasteiger partial charge in [-0.2, -0.15) is 0 Å². The molecule has 0 aliphatic carbocycles. The summed E-state index contributed by atoms with van der Waals surface area (Å²) in [5.41, 5.74) is 0.762. The lowest BCUT2D eigenvalue weighted by molar-refractivity contribution is 0.508. The van der Waals surface area contributed by atoms with Crippen LogP contribution in [0.3, 0.4) is 0 Å². The van der Waals surface area contributed by atoms with Crippen molar-refractivity contribution < 1.29 is 8.78 Å². The molecule has 0 unspecified atom stereocenters. The van der Waals surface area contributed by atoms with E-state index >= 15 is 0 Å². The van der Waals surface area contributed by atoms with Crippen LogP contribution in [0.25, 0.3) is 0 Å². The summed E-state index contributed by atoms with van der Waals surface area (Å²) in [6.07, 6.45) is 1.03. The van der Waals surface area contributed by atoms with E-state index in [2.05, 4.69) is 10.2 Å². The number of hydrogen-bond acceptors (Lipinski definition) is 2. The molecule has 1 fully saturated rings. The fraction of sp³-hybridized carbons (Fsp3) is 0.455. The van der Waals surface area contributed by atoms with Crippen molar-refractivity contribution in [3.63, 3.8) is 0 Å². The van der Waals surface area contributed by atoms with Crippen molar-refractivity contribution in [3.05, 3.63) is 29.8 Å². The smallest absolute Gasteiger partial charge is 0.160 e. The SMILES string of the molecule is Cl.Fc1ccc(N2CCCNCC2)cc1F. The van der Waals surface area contributed by atoms with Gasteiger partial charge >= 0.3 is 0 Å². The van der Waals surface area contributed by atoms with Crippen molar-refractivity contribution in [1.29, 1.82) is 0 Å². The molecule has 90 valence electrons. The van der Waals surface area contributed by atoms with Crippen LogP contribution in [-0.4, -0.2) is 26.2 Å². The summed E-state index contributed by atoms with van der Waals surface area (Å²) in [6, 6.07) is 4.08. The number of rotatable bonds is 1. The van der Waals surface area contributed by atoms with Crippen molar-refractivity contribution in [2.24, 2.45) is 0 Å². The normalized spacial score (nSPS) is 16.5. The highest BCUT2D eigenvalue weighted by molar-refractivity contribution is 5.85. The van der Waals surface area contributed by atoms with Crippen LogP contribution in [0.5, 0.6) is 0 Å². The Morgan fingerprint density at radius 3 is 2.62 bits per heavy atom. The van der Waals surface area contributed by atoms with Gasteiger partial charge in [-0.25, -0.2) is 8.78 Å². The van der Waals surface area contributed by atoms with Crippen molar-refractivity contribution in [3.8, 4) is 0 Å². The van der Waals surface area contributed by atoms with Crippen molar-refractivity contribution in [1.82, 2.24) is 5.32 Å². The Morgan fingerprint density at radius 1 is 1.06 bits per heavy atom. The molecule has 1 aliphatic heterocycles. The van der Waals surface area contributed by atoms with E-state index in [9.17, 15) is 8.78 Å². The lowest BCUT2D eigenvalue weighted by Crippen LogP contribution is -2.27. The Labute approximate surface area is 100 Å². The fourth-order valence-corrected chi connectivity index (χ4v) is 1.79. The zero-order valence-corrected chi connectivity index (χ0v) is 9.70. The molecule has 0 radical (unpaired) electrons. The number of nitrogens with zero attached hydrogens (tertiary/aromatic N) is 1. The van der Waals surface area contributed by atoms with Gasteiger partial charge in [0.05, 0.1) is 0 Å². The van der Waals surface area contributed by atoms with Gasteiger partial charge in [0.2, 0.25) is 0 Å². The Kier molecular flexibility index (Phi) is 4.96. The van der Waals surface area contributed by atoms with Gasteiger partial charge in [-0.3, -0.25) is 0 Å². The molecule has 16 heavy (non-hydrogen) atoms. The summed E-state index contributed by atoms with van der Waals surface area (Å²) in [6.45, 7) is 3.60. The molecule has 1 heterocycles. The summed E-state index contributed by atoms with van der Waals surface area (Å²) in [5, 5.41) is 3.26. The molecule has 5 heteroatoms. The summed E-state index contributed by atoms with van der Waals surface area (Å²) in [5.74, 6) is -1.56. The molecular formula is C11H15ClF2N2. The molecule has 1 aromatic rings. The second kappa shape index (κ2) is 6.01. The molecule has 1 saturated heterocycles. The van der Waals surface area contributed by atoms with Crippen LogP contribution in [0.2, 0.25) is 0 Å². The number of benzene rings is 1. The first-order chi connectivity index (χ1) is 7.27. The van der Waals surface area contributed by atoms with Crippen molar-refractivity contribution in [2.75, 3.05) is 31.1 Å². The van der Waals surface area contributed by atoms with Gasteiger partial charge in [0.15, 0.2) is 11.6 Å². The van der Waals surface area contributed by atoms with Crippen molar-refractivity contribution >= 4 is 18.1 Å². The van der Waals surface area contributed by atoms with Crippen LogP contribution in [0.1, 0.15) is 6.42 Å². The fourth-order valence-electron chi connectivity index (χ4n) is 1.79. The maximum atomic E-state index is 13.0. The van der Waals surface area contributed by atoms with Crippen LogP contribution in [0, 0.1) is 11.6 Å². The maximum absolute atomic E-state index is 13.0. The highest BCUT2D eigenvalue weighted by Crippen LogP contribution is 2.18. The highest BCUT2D eigenvalue weighted by Gasteiger charge is 2.11. The first-order valence-electron chi connectivity index (χ1n) is 5.18. The summed E-state index contributed by atoms with van der Waals surface area (Å²) < 4.78 is 25.8. The molecule has 0 bridgehead atoms. The highest BCUT2D eigenvalue weighted by atomic mass is 35.5. The van der Waals surface area contributed by atoms with E-state index in [0.717, 1.165) is 38.3 Å². The molecule has 0 amide bonds. The van der Waals surface area contributed by atoms with E-state index < -0.39 is 11.6 Å². The van der Waals surface area contributed by atoms with Gasteiger partial charge in [0.1, 0.15) is 0 Å². The minimum absolute atomic E-state index is 0. The summed E-state index contributed by atoms with van der Waals surface area (Å²) in [7, 11) is 0. The quantitative estimate of drug-likeness (QED) is 0.820. The molecule has 0 saturated carbocycles. The van der Waals surface area contributed by atoms with E-state index in [-0.39, 0.29) is 12.4 Å². The Morgan fingerprint density at radius 2 is 1.88 bits per heavy atom. The van der Waals surface area contributed by atoms with E-state index in [1.807, 2.05) is 0 Å².